The molecule has 1 atom stereocenters. The summed E-state index contributed by atoms with van der Waals surface area (Å²) in [6.45, 7) is 1.71. The highest BCUT2D eigenvalue weighted by molar-refractivity contribution is 5.97. The first-order valence-electron chi connectivity index (χ1n) is 8.46. The molecule has 26 heavy (non-hydrogen) atoms. The fourth-order valence-corrected chi connectivity index (χ4v) is 2.82. The van der Waals surface area contributed by atoms with Gasteiger partial charge in [0, 0.05) is 44.1 Å². The van der Waals surface area contributed by atoms with Gasteiger partial charge in [-0.15, -0.1) is 0 Å². The molecule has 3 rings (SSSR count). The monoisotopic (exact) mass is 355 g/mol. The molecule has 8 heteroatoms. The van der Waals surface area contributed by atoms with Crippen LogP contribution in [0.5, 0.6) is 0 Å². The second-order valence-electron chi connectivity index (χ2n) is 5.94. The van der Waals surface area contributed by atoms with Gasteiger partial charge in [0.15, 0.2) is 0 Å². The summed E-state index contributed by atoms with van der Waals surface area (Å²) in [4.78, 5) is 36.9. The quantitative estimate of drug-likeness (QED) is 0.778. The summed E-state index contributed by atoms with van der Waals surface area (Å²) >= 11 is 0. The molecule has 136 valence electrons. The number of nitrogens with one attached hydrogen (secondary N) is 1. The van der Waals surface area contributed by atoms with Crippen LogP contribution in [0.4, 0.5) is 5.95 Å². The number of benzene rings is 1. The third-order valence-electron chi connectivity index (χ3n) is 4.25. The van der Waals surface area contributed by atoms with Crippen LogP contribution in [0.15, 0.2) is 48.8 Å². The zero-order valence-electron chi connectivity index (χ0n) is 14.3. The molecule has 0 spiro atoms. The number of hydrogen-bond donors (Lipinski definition) is 2. The maximum Gasteiger partial charge on any atom is 0.251 e. The number of amides is 2. The average molecular weight is 355 g/mol. The molecule has 1 fully saturated rings. The van der Waals surface area contributed by atoms with Crippen molar-refractivity contribution in [3.63, 3.8) is 0 Å². The molecule has 1 saturated heterocycles. The topological polar surface area (TPSA) is 98.7 Å². The highest BCUT2D eigenvalue weighted by Crippen LogP contribution is 2.11. The van der Waals surface area contributed by atoms with Crippen LogP contribution in [0.2, 0.25) is 0 Å². The first-order valence-corrected chi connectivity index (χ1v) is 8.46. The minimum Gasteiger partial charge on any atom is -0.394 e. The van der Waals surface area contributed by atoms with Crippen LogP contribution in [-0.4, -0.2) is 70.6 Å². The number of piperazine rings is 1. The number of carbonyl (C=O) groups excluding carboxylic acids is 2. The van der Waals surface area contributed by atoms with Crippen molar-refractivity contribution in [1.29, 1.82) is 0 Å². The van der Waals surface area contributed by atoms with E-state index in [1.807, 2.05) is 4.90 Å². The smallest absolute Gasteiger partial charge is 0.251 e. The molecular weight excluding hydrogens is 334 g/mol. The van der Waals surface area contributed by atoms with Gasteiger partial charge in [-0.05, 0) is 18.2 Å². The zero-order valence-corrected chi connectivity index (χ0v) is 14.3. The van der Waals surface area contributed by atoms with Gasteiger partial charge in [-0.3, -0.25) is 9.59 Å². The zero-order chi connectivity index (χ0) is 18.4. The molecule has 2 amide bonds. The van der Waals surface area contributed by atoms with E-state index in [9.17, 15) is 14.7 Å². The lowest BCUT2D eigenvalue weighted by atomic mass is 10.1. The fourth-order valence-electron chi connectivity index (χ4n) is 2.82. The molecule has 2 heterocycles. The molecule has 8 nitrogen and oxygen atoms in total. The van der Waals surface area contributed by atoms with Crippen molar-refractivity contribution in [2.24, 2.45) is 0 Å². The van der Waals surface area contributed by atoms with E-state index in [1.165, 1.54) is 0 Å². The van der Waals surface area contributed by atoms with Crippen LogP contribution in [-0.2, 0) is 4.79 Å². The number of aliphatic hydroxyl groups is 1. The summed E-state index contributed by atoms with van der Waals surface area (Å²) in [5.41, 5.74) is 0.449. The molecule has 0 radical (unpaired) electrons. The molecule has 2 N–H and O–H groups in total. The number of aromatic nitrogens is 2. The third kappa shape index (κ3) is 4.15. The molecule has 1 aromatic carbocycles. The summed E-state index contributed by atoms with van der Waals surface area (Å²) in [6, 6.07) is 9.42. The van der Waals surface area contributed by atoms with Gasteiger partial charge < -0.3 is 20.2 Å². The Kier molecular flexibility index (Phi) is 5.75. The molecule has 1 aliphatic rings. The van der Waals surface area contributed by atoms with Gasteiger partial charge in [0.25, 0.3) is 5.91 Å². The summed E-state index contributed by atoms with van der Waals surface area (Å²) in [6.07, 6.45) is 3.36. The van der Waals surface area contributed by atoms with Crippen LogP contribution in [0.25, 0.3) is 0 Å². The lowest BCUT2D eigenvalue weighted by Crippen LogP contribution is -2.56. The van der Waals surface area contributed by atoms with Crippen LogP contribution >= 0.6 is 0 Å². The Morgan fingerprint density at radius 3 is 2.31 bits per heavy atom. The summed E-state index contributed by atoms with van der Waals surface area (Å²) < 4.78 is 0. The van der Waals surface area contributed by atoms with Gasteiger partial charge in [0.2, 0.25) is 11.9 Å². The predicted molar refractivity (Wildman–Crippen MR) is 95.6 cm³/mol. The van der Waals surface area contributed by atoms with Gasteiger partial charge in [-0.2, -0.15) is 0 Å². The highest BCUT2D eigenvalue weighted by atomic mass is 16.3. The second kappa shape index (κ2) is 8.39. The first-order chi connectivity index (χ1) is 12.7. The van der Waals surface area contributed by atoms with E-state index in [2.05, 4.69) is 15.3 Å². The van der Waals surface area contributed by atoms with Gasteiger partial charge in [-0.25, -0.2) is 9.97 Å². The van der Waals surface area contributed by atoms with Crippen LogP contribution in [0.3, 0.4) is 0 Å². The Morgan fingerprint density at radius 2 is 1.69 bits per heavy atom. The van der Waals surface area contributed by atoms with Crippen LogP contribution in [0, 0.1) is 0 Å². The van der Waals surface area contributed by atoms with Crippen molar-refractivity contribution < 1.29 is 14.7 Å². The molecule has 0 aliphatic carbocycles. The Bertz CT molecular complexity index is 733. The first kappa shape index (κ1) is 17.8. The standard InChI is InChI=1S/C18H21N5O3/c24-13-15(21-16(25)14-5-2-1-3-6-14)17(26)22-9-11-23(12-10-22)18-19-7-4-8-20-18/h1-8,15,24H,9-13H2,(H,21,25)/t15-/m0/s1. The van der Waals surface area contributed by atoms with Gasteiger partial charge in [0.1, 0.15) is 6.04 Å². The molecular formula is C18H21N5O3. The van der Waals surface area contributed by atoms with Crippen molar-refractivity contribution >= 4 is 17.8 Å². The summed E-state index contributed by atoms with van der Waals surface area (Å²) in [5.74, 6) is -0.0320. The number of anilines is 1. The van der Waals surface area contributed by atoms with Crippen molar-refractivity contribution in [3.8, 4) is 0 Å². The van der Waals surface area contributed by atoms with Crippen molar-refractivity contribution in [2.45, 2.75) is 6.04 Å². The van der Waals surface area contributed by atoms with Gasteiger partial charge >= 0.3 is 0 Å². The highest BCUT2D eigenvalue weighted by Gasteiger charge is 2.29. The fraction of sp³-hybridized carbons (Fsp3) is 0.333. The molecule has 0 saturated carbocycles. The van der Waals surface area contributed by atoms with Crippen molar-refractivity contribution in [3.05, 3.63) is 54.4 Å². The molecule has 0 unspecified atom stereocenters. The Labute approximate surface area is 151 Å². The van der Waals surface area contributed by atoms with Crippen LogP contribution in [0.1, 0.15) is 10.4 Å². The number of rotatable bonds is 5. The maximum atomic E-state index is 12.6. The number of hydrogen-bond acceptors (Lipinski definition) is 6. The van der Waals surface area contributed by atoms with E-state index < -0.39 is 12.6 Å². The molecule has 0 bridgehead atoms. The van der Waals surface area contributed by atoms with E-state index in [0.717, 1.165) is 0 Å². The molecule has 1 aliphatic heterocycles. The van der Waals surface area contributed by atoms with Gasteiger partial charge in [-0.1, -0.05) is 18.2 Å². The third-order valence-corrected chi connectivity index (χ3v) is 4.25. The van der Waals surface area contributed by atoms with E-state index >= 15 is 0 Å². The van der Waals surface area contributed by atoms with E-state index in [-0.39, 0.29) is 11.8 Å². The molecule has 1 aromatic heterocycles. The predicted octanol–water partition coefficient (Wildman–Crippen LogP) is -0.0839. The van der Waals surface area contributed by atoms with E-state index in [4.69, 9.17) is 0 Å². The number of aliphatic hydroxyl groups excluding tert-OH is 1. The summed E-state index contributed by atoms with van der Waals surface area (Å²) in [7, 11) is 0. The Balaban J connectivity index is 1.57. The van der Waals surface area contributed by atoms with Crippen molar-refractivity contribution in [2.75, 3.05) is 37.7 Å². The van der Waals surface area contributed by atoms with Crippen LogP contribution < -0.4 is 10.2 Å². The SMILES string of the molecule is O=C(N[C@@H](CO)C(=O)N1CCN(c2ncccn2)CC1)c1ccccc1. The normalized spacial score (nSPS) is 15.4. The largest absolute Gasteiger partial charge is 0.394 e. The Morgan fingerprint density at radius 1 is 1.04 bits per heavy atom. The maximum absolute atomic E-state index is 12.6. The van der Waals surface area contributed by atoms with E-state index in [1.54, 1.807) is 53.7 Å². The minimum atomic E-state index is -0.956. The molecule has 2 aromatic rings. The number of nitrogens with zero attached hydrogens (tertiary/aromatic N) is 4. The lowest BCUT2D eigenvalue weighted by molar-refractivity contribution is -0.134. The Hall–Kier alpha value is -3.00. The van der Waals surface area contributed by atoms with E-state index in [0.29, 0.717) is 37.7 Å². The number of carbonyl (C=O) groups is 2. The van der Waals surface area contributed by atoms with Crippen molar-refractivity contribution in [1.82, 2.24) is 20.2 Å². The minimum absolute atomic E-state index is 0.287. The average Bonchev–Trinajstić information content (AvgIpc) is 2.72. The lowest BCUT2D eigenvalue weighted by Gasteiger charge is -2.36. The second-order valence-corrected chi connectivity index (χ2v) is 5.94. The summed E-state index contributed by atoms with van der Waals surface area (Å²) in [5, 5.41) is 12.2. The van der Waals surface area contributed by atoms with Gasteiger partial charge in [0.05, 0.1) is 6.61 Å².